The molecule has 1 aromatic carbocycles. The van der Waals surface area contributed by atoms with E-state index in [0.717, 1.165) is 0 Å². The number of rotatable bonds is 4. The van der Waals surface area contributed by atoms with Crippen LogP contribution in [0.2, 0.25) is 0 Å². The van der Waals surface area contributed by atoms with E-state index in [0.29, 0.717) is 5.69 Å². The minimum absolute atomic E-state index is 0.204. The van der Waals surface area contributed by atoms with Gasteiger partial charge in [-0.1, -0.05) is 24.3 Å². The molecule has 1 amide bonds. The molecule has 6 nitrogen and oxygen atoms in total. The Balaban J connectivity index is 2.54. The Bertz CT molecular complexity index is 529. The SMILES string of the molecule is C=CCN1C(=O)[C@@](O)(C[N+](=O)[O-])c2ccccc21. The molecular formula is C12H12N2O4. The van der Waals surface area contributed by atoms with Gasteiger partial charge >= 0.3 is 0 Å². The average Bonchev–Trinajstić information content (AvgIpc) is 2.52. The molecule has 0 unspecified atom stereocenters. The van der Waals surface area contributed by atoms with Gasteiger partial charge in [-0.25, -0.2) is 0 Å². The number of anilines is 1. The fourth-order valence-corrected chi connectivity index (χ4v) is 2.16. The Morgan fingerprint density at radius 2 is 2.17 bits per heavy atom. The van der Waals surface area contributed by atoms with Crippen molar-refractivity contribution >= 4 is 11.6 Å². The summed E-state index contributed by atoms with van der Waals surface area (Å²) in [5.41, 5.74) is -1.32. The van der Waals surface area contributed by atoms with Crippen molar-refractivity contribution < 1.29 is 14.8 Å². The van der Waals surface area contributed by atoms with Crippen LogP contribution in [0.5, 0.6) is 0 Å². The van der Waals surface area contributed by atoms with Crippen LogP contribution in [-0.4, -0.2) is 29.0 Å². The summed E-state index contributed by atoms with van der Waals surface area (Å²) in [6, 6.07) is 6.52. The number of nitrogens with zero attached hydrogens (tertiary/aromatic N) is 2. The molecule has 0 radical (unpaired) electrons. The smallest absolute Gasteiger partial charge is 0.271 e. The molecule has 1 N–H and O–H groups in total. The molecular weight excluding hydrogens is 236 g/mol. The van der Waals surface area contributed by atoms with Crippen molar-refractivity contribution in [3.63, 3.8) is 0 Å². The highest BCUT2D eigenvalue weighted by Crippen LogP contribution is 2.40. The maximum atomic E-state index is 12.1. The zero-order chi connectivity index (χ0) is 13.3. The Morgan fingerprint density at radius 3 is 2.78 bits per heavy atom. The minimum atomic E-state index is -2.08. The summed E-state index contributed by atoms with van der Waals surface area (Å²) >= 11 is 0. The lowest BCUT2D eigenvalue weighted by molar-refractivity contribution is -0.498. The number of para-hydroxylation sites is 1. The molecule has 1 heterocycles. The number of nitro groups is 1. The highest BCUT2D eigenvalue weighted by atomic mass is 16.6. The molecule has 6 heteroatoms. The molecule has 0 bridgehead atoms. The molecule has 1 atom stereocenters. The number of carbonyl (C=O) groups is 1. The number of fused-ring (bicyclic) bond motifs is 1. The predicted octanol–water partition coefficient (Wildman–Crippen LogP) is 0.683. The largest absolute Gasteiger partial charge is 0.370 e. The van der Waals surface area contributed by atoms with E-state index in [1.807, 2.05) is 0 Å². The van der Waals surface area contributed by atoms with Crippen LogP contribution in [0.15, 0.2) is 36.9 Å². The lowest BCUT2D eigenvalue weighted by Crippen LogP contribution is -2.45. The summed E-state index contributed by atoms with van der Waals surface area (Å²) in [6.07, 6.45) is 1.51. The maximum Gasteiger partial charge on any atom is 0.271 e. The first-order chi connectivity index (χ1) is 8.50. The normalized spacial score (nSPS) is 21.8. The van der Waals surface area contributed by atoms with Crippen LogP contribution in [0, 0.1) is 10.1 Å². The second-order valence-corrected chi connectivity index (χ2v) is 4.07. The van der Waals surface area contributed by atoms with Gasteiger partial charge in [-0.2, -0.15) is 0 Å². The fourth-order valence-electron chi connectivity index (χ4n) is 2.16. The molecule has 0 fully saturated rings. The van der Waals surface area contributed by atoms with E-state index < -0.39 is 23.0 Å². The van der Waals surface area contributed by atoms with Crippen molar-refractivity contribution in [1.82, 2.24) is 0 Å². The standard InChI is InChI=1S/C12H12N2O4/c1-2-7-13-10-6-4-3-5-9(10)12(16,11(13)15)8-14(17)18/h2-6,16H,1,7-8H2/t12-/m1/s1. The van der Waals surface area contributed by atoms with Gasteiger partial charge in [-0.05, 0) is 6.07 Å². The first-order valence-corrected chi connectivity index (χ1v) is 5.37. The van der Waals surface area contributed by atoms with Crippen molar-refractivity contribution in [1.29, 1.82) is 0 Å². The number of hydrogen-bond donors (Lipinski definition) is 1. The van der Waals surface area contributed by atoms with E-state index in [-0.39, 0.29) is 12.1 Å². The lowest BCUT2D eigenvalue weighted by Gasteiger charge is -2.18. The van der Waals surface area contributed by atoms with Gasteiger partial charge in [0, 0.05) is 17.0 Å². The Hall–Kier alpha value is -2.21. The monoisotopic (exact) mass is 248 g/mol. The minimum Gasteiger partial charge on any atom is -0.370 e. The van der Waals surface area contributed by atoms with Crippen LogP contribution >= 0.6 is 0 Å². The van der Waals surface area contributed by atoms with Crippen LogP contribution < -0.4 is 4.90 Å². The molecule has 1 aliphatic rings. The average molecular weight is 248 g/mol. The van der Waals surface area contributed by atoms with Crippen molar-refractivity contribution in [3.05, 3.63) is 52.6 Å². The highest BCUT2D eigenvalue weighted by molar-refractivity contribution is 6.07. The van der Waals surface area contributed by atoms with Crippen molar-refractivity contribution in [2.24, 2.45) is 0 Å². The van der Waals surface area contributed by atoms with E-state index in [1.165, 1.54) is 17.0 Å². The van der Waals surface area contributed by atoms with Gasteiger partial charge in [0.05, 0.1) is 5.69 Å². The quantitative estimate of drug-likeness (QED) is 0.482. The van der Waals surface area contributed by atoms with Gasteiger partial charge in [0.2, 0.25) is 12.1 Å². The molecule has 0 spiro atoms. The summed E-state index contributed by atoms with van der Waals surface area (Å²) in [6.45, 7) is 2.90. The third-order valence-corrected chi connectivity index (χ3v) is 2.91. The number of hydrogen-bond acceptors (Lipinski definition) is 4. The second kappa shape index (κ2) is 4.23. The zero-order valence-electron chi connectivity index (χ0n) is 9.57. The number of aliphatic hydroxyl groups is 1. The maximum absolute atomic E-state index is 12.1. The molecule has 1 aromatic rings. The molecule has 0 aliphatic carbocycles. The summed E-state index contributed by atoms with van der Waals surface area (Å²) in [5, 5.41) is 20.9. The van der Waals surface area contributed by atoms with Crippen molar-refractivity contribution in [2.45, 2.75) is 5.60 Å². The molecule has 0 aromatic heterocycles. The summed E-state index contributed by atoms with van der Waals surface area (Å²) in [7, 11) is 0. The molecule has 1 aliphatic heterocycles. The van der Waals surface area contributed by atoms with Gasteiger partial charge in [-0.15, -0.1) is 6.58 Å². The van der Waals surface area contributed by atoms with E-state index >= 15 is 0 Å². The molecule has 0 saturated heterocycles. The van der Waals surface area contributed by atoms with E-state index in [4.69, 9.17) is 0 Å². The molecule has 94 valence electrons. The topological polar surface area (TPSA) is 83.7 Å². The fraction of sp³-hybridized carbons (Fsp3) is 0.250. The van der Waals surface area contributed by atoms with E-state index in [2.05, 4.69) is 6.58 Å². The van der Waals surface area contributed by atoms with Crippen LogP contribution in [0.25, 0.3) is 0 Å². The predicted molar refractivity (Wildman–Crippen MR) is 64.8 cm³/mol. The third-order valence-electron chi connectivity index (χ3n) is 2.91. The summed E-state index contributed by atoms with van der Waals surface area (Å²) < 4.78 is 0. The van der Waals surface area contributed by atoms with E-state index in [1.54, 1.807) is 18.2 Å². The zero-order valence-corrected chi connectivity index (χ0v) is 9.57. The molecule has 0 saturated carbocycles. The molecule has 18 heavy (non-hydrogen) atoms. The third kappa shape index (κ3) is 1.67. The second-order valence-electron chi connectivity index (χ2n) is 4.07. The van der Waals surface area contributed by atoms with Gasteiger partial charge < -0.3 is 10.0 Å². The first-order valence-electron chi connectivity index (χ1n) is 5.37. The van der Waals surface area contributed by atoms with Crippen LogP contribution in [0.3, 0.4) is 0 Å². The Kier molecular flexibility index (Phi) is 2.88. The number of amides is 1. The van der Waals surface area contributed by atoms with Crippen LogP contribution in [0.1, 0.15) is 5.56 Å². The van der Waals surface area contributed by atoms with Gasteiger partial charge in [0.1, 0.15) is 0 Å². The van der Waals surface area contributed by atoms with E-state index in [9.17, 15) is 20.0 Å². The number of carbonyl (C=O) groups excluding carboxylic acids is 1. The van der Waals surface area contributed by atoms with Crippen molar-refractivity contribution in [3.8, 4) is 0 Å². The summed E-state index contributed by atoms with van der Waals surface area (Å²) in [5.74, 6) is -0.680. The Morgan fingerprint density at radius 1 is 1.50 bits per heavy atom. The van der Waals surface area contributed by atoms with Gasteiger partial charge in [-0.3, -0.25) is 14.9 Å². The van der Waals surface area contributed by atoms with Crippen LogP contribution in [-0.2, 0) is 10.4 Å². The van der Waals surface area contributed by atoms with Crippen molar-refractivity contribution in [2.75, 3.05) is 18.0 Å². The highest BCUT2D eigenvalue weighted by Gasteiger charge is 2.53. The number of benzene rings is 1. The first kappa shape index (κ1) is 12.3. The van der Waals surface area contributed by atoms with Gasteiger partial charge in [0.25, 0.3) is 5.91 Å². The van der Waals surface area contributed by atoms with Crippen LogP contribution in [0.4, 0.5) is 5.69 Å². The lowest BCUT2D eigenvalue weighted by atomic mass is 9.96. The van der Waals surface area contributed by atoms with Gasteiger partial charge in [0.15, 0.2) is 0 Å². The summed E-state index contributed by atoms with van der Waals surface area (Å²) in [4.78, 5) is 23.4. The Labute approximate surface area is 103 Å². The molecule has 2 rings (SSSR count).